The Balaban J connectivity index is 1.93. The lowest BCUT2D eigenvalue weighted by atomic mass is 10.0. The molecule has 1 saturated heterocycles. The lowest BCUT2D eigenvalue weighted by Crippen LogP contribution is -2.49. The predicted octanol–water partition coefficient (Wildman–Crippen LogP) is 1.62. The molecule has 1 aliphatic heterocycles. The number of aliphatic hydroxyl groups is 2. The molecule has 3 rings (SSSR count). The molecule has 2 aromatic rings. The van der Waals surface area contributed by atoms with Crippen molar-refractivity contribution in [1.29, 1.82) is 0 Å². The molecule has 2 atom stereocenters. The second-order valence-electron chi connectivity index (χ2n) is 5.73. The largest absolute Gasteiger partial charge is 0.451 e. The van der Waals surface area contributed by atoms with Gasteiger partial charge in [-0.05, 0) is 31.9 Å². The molecule has 21 heavy (non-hydrogen) atoms. The Morgan fingerprint density at radius 1 is 1.29 bits per heavy atom. The number of nitrogens with zero attached hydrogens (tertiary/aromatic N) is 1. The molecule has 1 aliphatic rings. The highest BCUT2D eigenvalue weighted by atomic mass is 16.4. The minimum absolute atomic E-state index is 0.134. The number of aryl methyl sites for hydroxylation is 2. The van der Waals surface area contributed by atoms with Crippen LogP contribution in [0, 0.1) is 13.8 Å². The van der Waals surface area contributed by atoms with Gasteiger partial charge in [0.05, 0.1) is 12.2 Å². The quantitative estimate of drug-likeness (QED) is 0.836. The minimum atomic E-state index is -0.894. The van der Waals surface area contributed by atoms with Crippen LogP contribution < -0.4 is 0 Å². The van der Waals surface area contributed by atoms with Crippen LogP contribution in [-0.2, 0) is 0 Å². The summed E-state index contributed by atoms with van der Waals surface area (Å²) in [6.07, 6.45) is -1.27. The van der Waals surface area contributed by atoms with Gasteiger partial charge in [-0.3, -0.25) is 4.79 Å². The number of likely N-dealkylation sites (tertiary alicyclic amines) is 1. The van der Waals surface area contributed by atoms with E-state index in [1.807, 2.05) is 32.0 Å². The highest BCUT2D eigenvalue weighted by molar-refractivity contribution is 5.99. The van der Waals surface area contributed by atoms with Crippen LogP contribution in [0.1, 0.15) is 28.1 Å². The van der Waals surface area contributed by atoms with Crippen molar-refractivity contribution in [3.8, 4) is 0 Å². The summed E-state index contributed by atoms with van der Waals surface area (Å²) < 4.78 is 5.72. The van der Waals surface area contributed by atoms with Gasteiger partial charge in [-0.25, -0.2) is 0 Å². The van der Waals surface area contributed by atoms with E-state index in [4.69, 9.17) is 4.42 Å². The topological polar surface area (TPSA) is 73.9 Å². The van der Waals surface area contributed by atoms with Crippen molar-refractivity contribution in [2.24, 2.45) is 0 Å². The molecule has 0 spiro atoms. The number of piperidine rings is 1. The van der Waals surface area contributed by atoms with E-state index in [-0.39, 0.29) is 12.5 Å². The van der Waals surface area contributed by atoms with Crippen LogP contribution in [0.5, 0.6) is 0 Å². The predicted molar refractivity (Wildman–Crippen MR) is 78.2 cm³/mol. The molecule has 5 heteroatoms. The number of furan rings is 1. The van der Waals surface area contributed by atoms with Crippen molar-refractivity contribution in [3.63, 3.8) is 0 Å². The highest BCUT2D eigenvalue weighted by Gasteiger charge is 2.31. The van der Waals surface area contributed by atoms with Crippen LogP contribution in [0.25, 0.3) is 11.0 Å². The van der Waals surface area contributed by atoms with E-state index >= 15 is 0 Å². The van der Waals surface area contributed by atoms with E-state index in [9.17, 15) is 15.0 Å². The van der Waals surface area contributed by atoms with Crippen molar-refractivity contribution >= 4 is 16.9 Å². The van der Waals surface area contributed by atoms with Gasteiger partial charge < -0.3 is 19.5 Å². The molecule has 1 amide bonds. The third kappa shape index (κ3) is 2.43. The average Bonchev–Trinajstić information content (AvgIpc) is 2.77. The molecule has 2 N–H and O–H groups in total. The molecular weight excluding hydrogens is 270 g/mol. The second kappa shape index (κ2) is 5.16. The van der Waals surface area contributed by atoms with Crippen molar-refractivity contribution in [1.82, 2.24) is 4.90 Å². The number of fused-ring (bicyclic) bond motifs is 1. The van der Waals surface area contributed by atoms with Crippen molar-refractivity contribution in [3.05, 3.63) is 35.1 Å². The number of hydrogen-bond donors (Lipinski definition) is 2. The fourth-order valence-corrected chi connectivity index (χ4v) is 2.78. The zero-order valence-electron chi connectivity index (χ0n) is 12.2. The molecule has 5 nitrogen and oxygen atoms in total. The molecule has 1 aromatic heterocycles. The number of carbonyl (C=O) groups excluding carboxylic acids is 1. The molecule has 0 aliphatic carbocycles. The Bertz CT molecular complexity index is 691. The Hall–Kier alpha value is -1.85. The van der Waals surface area contributed by atoms with Gasteiger partial charge in [-0.15, -0.1) is 0 Å². The van der Waals surface area contributed by atoms with Crippen molar-refractivity contribution < 1.29 is 19.4 Å². The van der Waals surface area contributed by atoms with Crippen LogP contribution in [0.15, 0.2) is 22.6 Å². The summed E-state index contributed by atoms with van der Waals surface area (Å²) in [5.74, 6) is 0.0893. The Kier molecular flexibility index (Phi) is 3.47. The normalized spacial score (nSPS) is 22.8. The monoisotopic (exact) mass is 289 g/mol. The SMILES string of the molecule is Cc1ccc2c(C)c(C(=O)N3CC[C@@H](O)[C@H](O)C3)oc2c1. The van der Waals surface area contributed by atoms with Crippen LogP contribution in [0.2, 0.25) is 0 Å². The minimum Gasteiger partial charge on any atom is -0.451 e. The zero-order chi connectivity index (χ0) is 15.1. The van der Waals surface area contributed by atoms with Gasteiger partial charge in [0.15, 0.2) is 5.76 Å². The fraction of sp³-hybridized carbons (Fsp3) is 0.438. The fourth-order valence-electron chi connectivity index (χ4n) is 2.78. The molecule has 0 unspecified atom stereocenters. The zero-order valence-corrected chi connectivity index (χ0v) is 12.2. The number of amides is 1. The summed E-state index contributed by atoms with van der Waals surface area (Å²) in [5, 5.41) is 20.2. The van der Waals surface area contributed by atoms with Crippen molar-refractivity contribution in [2.75, 3.05) is 13.1 Å². The molecule has 0 bridgehead atoms. The summed E-state index contributed by atoms with van der Waals surface area (Å²) >= 11 is 0. The Labute approximate surface area is 122 Å². The van der Waals surface area contributed by atoms with E-state index in [0.29, 0.717) is 24.3 Å². The molecule has 2 heterocycles. The first-order chi connectivity index (χ1) is 9.97. The standard InChI is InChI=1S/C16H19NO4/c1-9-3-4-11-10(2)15(21-14(11)7-9)16(20)17-6-5-12(18)13(19)8-17/h3-4,7,12-13,18-19H,5-6,8H2,1-2H3/t12-,13-/m1/s1. The Morgan fingerprint density at radius 3 is 2.76 bits per heavy atom. The first-order valence-corrected chi connectivity index (χ1v) is 7.12. The highest BCUT2D eigenvalue weighted by Crippen LogP contribution is 2.27. The van der Waals surface area contributed by atoms with Gasteiger partial charge in [-0.2, -0.15) is 0 Å². The number of carbonyl (C=O) groups is 1. The van der Waals surface area contributed by atoms with Crippen LogP contribution in [0.3, 0.4) is 0 Å². The number of hydrogen-bond acceptors (Lipinski definition) is 4. The third-order valence-electron chi connectivity index (χ3n) is 4.12. The third-order valence-corrected chi connectivity index (χ3v) is 4.12. The Morgan fingerprint density at radius 2 is 2.05 bits per heavy atom. The molecule has 0 saturated carbocycles. The van der Waals surface area contributed by atoms with E-state index in [1.54, 1.807) is 0 Å². The number of aliphatic hydroxyl groups excluding tert-OH is 2. The average molecular weight is 289 g/mol. The lowest BCUT2D eigenvalue weighted by Gasteiger charge is -2.32. The summed E-state index contributed by atoms with van der Waals surface area (Å²) in [7, 11) is 0. The summed E-state index contributed by atoms with van der Waals surface area (Å²) in [4.78, 5) is 14.1. The maximum atomic E-state index is 12.6. The van der Waals surface area contributed by atoms with Gasteiger partial charge in [0.1, 0.15) is 5.58 Å². The molecule has 0 radical (unpaired) electrons. The molecule has 112 valence electrons. The van der Waals surface area contributed by atoms with Gasteiger partial charge >= 0.3 is 0 Å². The van der Waals surface area contributed by atoms with E-state index < -0.39 is 12.2 Å². The molecular formula is C16H19NO4. The van der Waals surface area contributed by atoms with Gasteiger partial charge in [-0.1, -0.05) is 12.1 Å². The summed E-state index contributed by atoms with van der Waals surface area (Å²) in [5.41, 5.74) is 2.59. The number of rotatable bonds is 1. The maximum absolute atomic E-state index is 12.6. The lowest BCUT2D eigenvalue weighted by molar-refractivity contribution is -0.0327. The van der Waals surface area contributed by atoms with E-state index in [2.05, 4.69) is 0 Å². The number of benzene rings is 1. The van der Waals surface area contributed by atoms with E-state index in [0.717, 1.165) is 16.5 Å². The van der Waals surface area contributed by atoms with Crippen LogP contribution in [-0.4, -0.2) is 46.3 Å². The summed E-state index contributed by atoms with van der Waals surface area (Å²) in [6, 6.07) is 5.85. The molecule has 1 aromatic carbocycles. The molecule has 1 fully saturated rings. The number of β-amino-alcohol motifs (C(OH)–C–C–N with tert-alkyl or cyclic N) is 1. The van der Waals surface area contributed by atoms with Gasteiger partial charge in [0, 0.05) is 24.0 Å². The maximum Gasteiger partial charge on any atom is 0.289 e. The van der Waals surface area contributed by atoms with Crippen LogP contribution in [0.4, 0.5) is 0 Å². The van der Waals surface area contributed by atoms with Gasteiger partial charge in [0.25, 0.3) is 5.91 Å². The van der Waals surface area contributed by atoms with Crippen LogP contribution >= 0.6 is 0 Å². The first-order valence-electron chi connectivity index (χ1n) is 7.12. The van der Waals surface area contributed by atoms with Crippen molar-refractivity contribution in [2.45, 2.75) is 32.5 Å². The van der Waals surface area contributed by atoms with Gasteiger partial charge in [0.2, 0.25) is 0 Å². The second-order valence-corrected chi connectivity index (χ2v) is 5.73. The summed E-state index contributed by atoms with van der Waals surface area (Å²) in [6.45, 7) is 4.40. The first kappa shape index (κ1) is 14.1. The van der Waals surface area contributed by atoms with E-state index in [1.165, 1.54) is 4.90 Å². The smallest absolute Gasteiger partial charge is 0.289 e.